The molecule has 1 aromatic heterocycles. The molecule has 0 spiro atoms. The average molecular weight is 241 g/mol. The summed E-state index contributed by atoms with van der Waals surface area (Å²) in [6, 6.07) is 9.23. The van der Waals surface area contributed by atoms with E-state index in [2.05, 4.69) is 48.5 Å². The number of rotatable bonds is 4. The maximum atomic E-state index is 4.49. The van der Waals surface area contributed by atoms with Crippen LogP contribution in [-0.2, 0) is 6.54 Å². The van der Waals surface area contributed by atoms with Gasteiger partial charge in [-0.3, -0.25) is 0 Å². The van der Waals surface area contributed by atoms with E-state index < -0.39 is 0 Å². The van der Waals surface area contributed by atoms with Crippen LogP contribution in [0.3, 0.4) is 0 Å². The molecule has 3 rings (SSSR count). The van der Waals surface area contributed by atoms with Crippen LogP contribution in [0.25, 0.3) is 5.69 Å². The monoisotopic (exact) mass is 241 g/mol. The van der Waals surface area contributed by atoms with Gasteiger partial charge in [-0.15, -0.1) is 0 Å². The molecule has 1 aromatic carbocycles. The Morgan fingerprint density at radius 1 is 1.22 bits per heavy atom. The number of hydrogen-bond donors (Lipinski definition) is 1. The first-order valence-electron chi connectivity index (χ1n) is 6.58. The predicted molar refractivity (Wildman–Crippen MR) is 72.9 cm³/mol. The van der Waals surface area contributed by atoms with Gasteiger partial charge in [0.15, 0.2) is 0 Å². The molecule has 1 aliphatic carbocycles. The molecular weight excluding hydrogens is 222 g/mol. The Balaban J connectivity index is 1.81. The molecular formula is C15H19N3. The summed E-state index contributed by atoms with van der Waals surface area (Å²) in [5.74, 6) is 0. The number of nitrogens with zero attached hydrogens (tertiary/aromatic N) is 2. The van der Waals surface area contributed by atoms with Gasteiger partial charge in [-0.1, -0.05) is 17.7 Å². The Kier molecular flexibility index (Phi) is 2.92. The van der Waals surface area contributed by atoms with Crippen LogP contribution in [0, 0.1) is 13.8 Å². The molecule has 0 radical (unpaired) electrons. The second kappa shape index (κ2) is 4.58. The van der Waals surface area contributed by atoms with E-state index in [1.165, 1.54) is 29.7 Å². The summed E-state index contributed by atoms with van der Waals surface area (Å²) in [6.07, 6.45) is 4.63. The molecule has 0 aliphatic heterocycles. The normalized spacial score (nSPS) is 15.0. The Morgan fingerprint density at radius 2 is 1.94 bits per heavy atom. The molecule has 1 heterocycles. The van der Waals surface area contributed by atoms with Crippen molar-refractivity contribution >= 4 is 0 Å². The third kappa shape index (κ3) is 2.31. The van der Waals surface area contributed by atoms with Gasteiger partial charge >= 0.3 is 0 Å². The van der Waals surface area contributed by atoms with Crippen LogP contribution in [-0.4, -0.2) is 15.8 Å². The maximum absolute atomic E-state index is 4.49. The number of nitrogens with one attached hydrogen (secondary N) is 1. The van der Waals surface area contributed by atoms with Gasteiger partial charge in [0, 0.05) is 23.8 Å². The molecule has 3 heteroatoms. The highest BCUT2D eigenvalue weighted by atomic mass is 15.3. The third-order valence-corrected chi connectivity index (χ3v) is 3.55. The van der Waals surface area contributed by atoms with Gasteiger partial charge in [0.2, 0.25) is 0 Å². The van der Waals surface area contributed by atoms with Gasteiger partial charge in [-0.25, -0.2) is 4.68 Å². The van der Waals surface area contributed by atoms with Crippen LogP contribution in [0.1, 0.15) is 29.7 Å². The summed E-state index contributed by atoms with van der Waals surface area (Å²) < 4.78 is 2.02. The summed E-state index contributed by atoms with van der Waals surface area (Å²) in [5, 5.41) is 8.02. The van der Waals surface area contributed by atoms with Crippen LogP contribution in [0.2, 0.25) is 0 Å². The molecule has 1 fully saturated rings. The van der Waals surface area contributed by atoms with Crippen LogP contribution in [0.4, 0.5) is 0 Å². The zero-order chi connectivity index (χ0) is 12.5. The van der Waals surface area contributed by atoms with Crippen LogP contribution >= 0.6 is 0 Å². The average Bonchev–Trinajstić information content (AvgIpc) is 3.13. The lowest BCUT2D eigenvalue weighted by atomic mass is 10.2. The van der Waals surface area contributed by atoms with E-state index in [9.17, 15) is 0 Å². The van der Waals surface area contributed by atoms with E-state index in [0.717, 1.165) is 18.3 Å². The molecule has 1 N–H and O–H groups in total. The van der Waals surface area contributed by atoms with Crippen molar-refractivity contribution in [2.45, 2.75) is 39.3 Å². The maximum Gasteiger partial charge on any atom is 0.0648 e. The Morgan fingerprint density at radius 3 is 2.61 bits per heavy atom. The first-order chi connectivity index (χ1) is 8.74. The molecule has 0 saturated heterocycles. The standard InChI is InChI=1S/C15H19N3/c1-11-3-7-15(8-4-11)18-12(2)13(10-17-18)9-16-14-5-6-14/h3-4,7-8,10,14,16H,5-6,9H2,1-2H3. The van der Waals surface area contributed by atoms with Gasteiger partial charge < -0.3 is 5.32 Å². The van der Waals surface area contributed by atoms with Gasteiger partial charge in [0.1, 0.15) is 0 Å². The smallest absolute Gasteiger partial charge is 0.0648 e. The summed E-state index contributed by atoms with van der Waals surface area (Å²) >= 11 is 0. The van der Waals surface area contributed by atoms with Crippen molar-refractivity contribution in [1.82, 2.24) is 15.1 Å². The van der Waals surface area contributed by atoms with Crippen molar-refractivity contribution < 1.29 is 0 Å². The minimum Gasteiger partial charge on any atom is -0.310 e. The van der Waals surface area contributed by atoms with Crippen molar-refractivity contribution in [3.05, 3.63) is 47.3 Å². The van der Waals surface area contributed by atoms with Crippen molar-refractivity contribution in [3.8, 4) is 5.69 Å². The molecule has 3 nitrogen and oxygen atoms in total. The van der Waals surface area contributed by atoms with Gasteiger partial charge in [0.25, 0.3) is 0 Å². The predicted octanol–water partition coefficient (Wildman–Crippen LogP) is 2.74. The molecule has 1 aliphatic rings. The summed E-state index contributed by atoms with van der Waals surface area (Å²) in [7, 11) is 0. The highest BCUT2D eigenvalue weighted by molar-refractivity contribution is 5.36. The van der Waals surface area contributed by atoms with Crippen LogP contribution in [0.5, 0.6) is 0 Å². The first-order valence-corrected chi connectivity index (χ1v) is 6.58. The van der Waals surface area contributed by atoms with Gasteiger partial charge in [-0.05, 0) is 38.8 Å². The van der Waals surface area contributed by atoms with E-state index in [1.54, 1.807) is 0 Å². The van der Waals surface area contributed by atoms with E-state index >= 15 is 0 Å². The third-order valence-electron chi connectivity index (χ3n) is 3.55. The summed E-state index contributed by atoms with van der Waals surface area (Å²) in [4.78, 5) is 0. The van der Waals surface area contributed by atoms with E-state index in [0.29, 0.717) is 0 Å². The second-order valence-electron chi connectivity index (χ2n) is 5.16. The fraction of sp³-hybridized carbons (Fsp3) is 0.400. The fourth-order valence-corrected chi connectivity index (χ4v) is 2.11. The van der Waals surface area contributed by atoms with Crippen molar-refractivity contribution in [2.75, 3.05) is 0 Å². The molecule has 1 saturated carbocycles. The quantitative estimate of drug-likeness (QED) is 0.892. The highest BCUT2D eigenvalue weighted by Crippen LogP contribution is 2.20. The lowest BCUT2D eigenvalue weighted by Crippen LogP contribution is -2.15. The Labute approximate surface area is 108 Å². The van der Waals surface area contributed by atoms with E-state index in [4.69, 9.17) is 0 Å². The van der Waals surface area contributed by atoms with Crippen LogP contribution in [0.15, 0.2) is 30.5 Å². The zero-order valence-corrected chi connectivity index (χ0v) is 11.0. The fourth-order valence-electron chi connectivity index (χ4n) is 2.11. The largest absolute Gasteiger partial charge is 0.310 e. The van der Waals surface area contributed by atoms with Gasteiger partial charge in [0.05, 0.1) is 11.9 Å². The van der Waals surface area contributed by atoms with Gasteiger partial charge in [-0.2, -0.15) is 5.10 Å². The van der Waals surface area contributed by atoms with Crippen molar-refractivity contribution in [1.29, 1.82) is 0 Å². The Bertz CT molecular complexity index is 535. The first kappa shape index (κ1) is 11.5. The molecule has 2 aromatic rings. The lowest BCUT2D eigenvalue weighted by molar-refractivity contribution is 0.684. The molecule has 18 heavy (non-hydrogen) atoms. The van der Waals surface area contributed by atoms with E-state index in [1.807, 2.05) is 10.9 Å². The topological polar surface area (TPSA) is 29.9 Å². The number of hydrogen-bond acceptors (Lipinski definition) is 2. The van der Waals surface area contributed by atoms with Crippen molar-refractivity contribution in [2.24, 2.45) is 0 Å². The van der Waals surface area contributed by atoms with Crippen molar-refractivity contribution in [3.63, 3.8) is 0 Å². The van der Waals surface area contributed by atoms with E-state index in [-0.39, 0.29) is 0 Å². The number of aryl methyl sites for hydroxylation is 1. The molecule has 0 atom stereocenters. The molecule has 94 valence electrons. The minimum absolute atomic E-state index is 0.743. The second-order valence-corrected chi connectivity index (χ2v) is 5.16. The number of aromatic nitrogens is 2. The zero-order valence-electron chi connectivity index (χ0n) is 11.0. The van der Waals surface area contributed by atoms with Crippen LogP contribution < -0.4 is 5.32 Å². The Hall–Kier alpha value is -1.61. The lowest BCUT2D eigenvalue weighted by Gasteiger charge is -2.06. The minimum atomic E-state index is 0.743. The molecule has 0 bridgehead atoms. The SMILES string of the molecule is Cc1ccc(-n2ncc(CNC3CC3)c2C)cc1. The number of benzene rings is 1. The summed E-state index contributed by atoms with van der Waals surface area (Å²) in [6.45, 7) is 5.17. The summed E-state index contributed by atoms with van der Waals surface area (Å²) in [5.41, 5.74) is 4.93. The molecule has 0 unspecified atom stereocenters. The molecule has 0 amide bonds. The highest BCUT2D eigenvalue weighted by Gasteiger charge is 2.20.